The average molecular weight is 404 g/mol. The Balaban J connectivity index is 1.64. The third kappa shape index (κ3) is 4.55. The average Bonchev–Trinajstić information content (AvgIpc) is 2.66. The summed E-state index contributed by atoms with van der Waals surface area (Å²) in [6.45, 7) is 1.21. The Bertz CT molecular complexity index is 1110. The zero-order valence-corrected chi connectivity index (χ0v) is 15.5. The van der Waals surface area contributed by atoms with Gasteiger partial charge >= 0.3 is 11.6 Å². The maximum absolute atomic E-state index is 12.9. The molecule has 8 heteroatoms. The van der Waals surface area contributed by atoms with E-state index in [1.807, 2.05) is 0 Å². The highest BCUT2D eigenvalue weighted by Crippen LogP contribution is 2.25. The molecule has 0 unspecified atom stereocenters. The molecule has 1 N–H and O–H groups in total. The molecular formula is C20H15ClFNO5. The van der Waals surface area contributed by atoms with E-state index in [0.717, 1.165) is 17.7 Å². The summed E-state index contributed by atoms with van der Waals surface area (Å²) >= 11 is 6.12. The minimum atomic E-state index is -0.699. The molecule has 6 nitrogen and oxygen atoms in total. The number of fused-ring (bicyclic) bond motifs is 1. The highest BCUT2D eigenvalue weighted by molar-refractivity contribution is 6.32. The molecule has 0 saturated carbocycles. The number of halogens is 2. The van der Waals surface area contributed by atoms with Gasteiger partial charge in [0.15, 0.2) is 0 Å². The Morgan fingerprint density at radius 2 is 1.89 bits per heavy atom. The van der Waals surface area contributed by atoms with Crippen molar-refractivity contribution in [1.29, 1.82) is 0 Å². The van der Waals surface area contributed by atoms with Crippen molar-refractivity contribution >= 4 is 34.4 Å². The topological polar surface area (TPSA) is 85.6 Å². The summed E-state index contributed by atoms with van der Waals surface area (Å²) in [7, 11) is 0. The molecule has 0 fully saturated rings. The second-order valence-corrected chi connectivity index (χ2v) is 6.45. The van der Waals surface area contributed by atoms with Crippen LogP contribution in [0.1, 0.15) is 21.5 Å². The van der Waals surface area contributed by atoms with Crippen LogP contribution in [0.3, 0.4) is 0 Å². The second-order valence-electron chi connectivity index (χ2n) is 6.04. The van der Waals surface area contributed by atoms with Gasteiger partial charge in [0.2, 0.25) is 0 Å². The first kappa shape index (κ1) is 19.6. The number of amides is 1. The SMILES string of the molecule is Cc1cc2oc(=O)cc(COC(=O)CNC(=O)c3ccc(F)cc3)c2cc1Cl. The van der Waals surface area contributed by atoms with E-state index in [0.29, 0.717) is 21.6 Å². The van der Waals surface area contributed by atoms with E-state index < -0.39 is 23.3 Å². The Morgan fingerprint density at radius 1 is 1.18 bits per heavy atom. The lowest BCUT2D eigenvalue weighted by Gasteiger charge is -2.09. The molecule has 0 spiro atoms. The van der Waals surface area contributed by atoms with E-state index in [1.165, 1.54) is 18.2 Å². The fourth-order valence-corrected chi connectivity index (χ4v) is 2.70. The molecule has 0 radical (unpaired) electrons. The number of rotatable bonds is 5. The van der Waals surface area contributed by atoms with E-state index in [2.05, 4.69) is 5.32 Å². The quantitative estimate of drug-likeness (QED) is 0.521. The molecule has 0 aliphatic heterocycles. The maximum atomic E-state index is 12.9. The number of carbonyl (C=O) groups is 2. The molecule has 2 aromatic carbocycles. The van der Waals surface area contributed by atoms with Crippen molar-refractivity contribution in [2.45, 2.75) is 13.5 Å². The second kappa shape index (κ2) is 8.22. The van der Waals surface area contributed by atoms with Gasteiger partial charge in [-0.25, -0.2) is 9.18 Å². The van der Waals surface area contributed by atoms with Gasteiger partial charge in [0.25, 0.3) is 5.91 Å². The summed E-state index contributed by atoms with van der Waals surface area (Å²) in [4.78, 5) is 35.6. The number of ether oxygens (including phenoxy) is 1. The number of hydrogen-bond acceptors (Lipinski definition) is 5. The first-order valence-corrected chi connectivity index (χ1v) is 8.63. The van der Waals surface area contributed by atoms with Crippen LogP contribution in [0.25, 0.3) is 11.0 Å². The van der Waals surface area contributed by atoms with Crippen molar-refractivity contribution in [3.05, 3.63) is 80.4 Å². The molecule has 1 heterocycles. The zero-order valence-electron chi connectivity index (χ0n) is 14.8. The fourth-order valence-electron chi connectivity index (χ4n) is 2.53. The van der Waals surface area contributed by atoms with E-state index in [9.17, 15) is 18.8 Å². The number of hydrogen-bond donors (Lipinski definition) is 1. The number of benzene rings is 2. The van der Waals surface area contributed by atoms with Crippen molar-refractivity contribution in [3.8, 4) is 0 Å². The minimum absolute atomic E-state index is 0.188. The van der Waals surface area contributed by atoms with Gasteiger partial charge in [0.1, 0.15) is 24.6 Å². The molecule has 1 amide bonds. The number of aryl methyl sites for hydroxylation is 1. The van der Waals surface area contributed by atoms with E-state index in [1.54, 1.807) is 19.1 Å². The van der Waals surface area contributed by atoms with E-state index in [-0.39, 0.29) is 18.7 Å². The highest BCUT2D eigenvalue weighted by atomic mass is 35.5. The lowest BCUT2D eigenvalue weighted by Crippen LogP contribution is -2.30. The van der Waals surface area contributed by atoms with Gasteiger partial charge < -0.3 is 14.5 Å². The molecule has 0 aliphatic carbocycles. The minimum Gasteiger partial charge on any atom is -0.459 e. The summed E-state index contributed by atoms with van der Waals surface area (Å²) in [5, 5.41) is 3.42. The monoisotopic (exact) mass is 403 g/mol. The first-order chi connectivity index (χ1) is 13.3. The zero-order chi connectivity index (χ0) is 20.3. The van der Waals surface area contributed by atoms with Crippen molar-refractivity contribution in [3.63, 3.8) is 0 Å². The van der Waals surface area contributed by atoms with Crippen LogP contribution in [-0.4, -0.2) is 18.4 Å². The standard InChI is InChI=1S/C20H15ClFNO5/c1-11-6-17-15(8-16(11)21)13(7-18(24)28-17)10-27-19(25)9-23-20(26)12-2-4-14(22)5-3-12/h2-8H,9-10H2,1H3,(H,23,26). The molecule has 0 saturated heterocycles. The summed E-state index contributed by atoms with van der Waals surface area (Å²) in [5.41, 5.74) is 1.15. The van der Waals surface area contributed by atoms with Crippen LogP contribution in [0.4, 0.5) is 4.39 Å². The molecule has 3 aromatic rings. The Kier molecular flexibility index (Phi) is 5.75. The van der Waals surface area contributed by atoms with Gasteiger partial charge in [-0.15, -0.1) is 0 Å². The fraction of sp³-hybridized carbons (Fsp3) is 0.150. The van der Waals surface area contributed by atoms with Crippen LogP contribution in [0, 0.1) is 12.7 Å². The summed E-state index contributed by atoms with van der Waals surface area (Å²) in [5.74, 6) is -1.70. The lowest BCUT2D eigenvalue weighted by molar-refractivity contribution is -0.143. The summed E-state index contributed by atoms with van der Waals surface area (Å²) in [6.07, 6.45) is 0. The van der Waals surface area contributed by atoms with Crippen molar-refractivity contribution in [1.82, 2.24) is 5.32 Å². The van der Waals surface area contributed by atoms with Crippen LogP contribution in [0.15, 0.2) is 51.7 Å². The van der Waals surface area contributed by atoms with E-state index >= 15 is 0 Å². The van der Waals surface area contributed by atoms with Crippen LogP contribution in [0.5, 0.6) is 0 Å². The molecule has 3 rings (SSSR count). The predicted octanol–water partition coefficient (Wildman–Crippen LogP) is 3.37. The molecule has 0 bridgehead atoms. The normalized spacial score (nSPS) is 10.7. The van der Waals surface area contributed by atoms with Gasteiger partial charge in [-0.3, -0.25) is 9.59 Å². The Hall–Kier alpha value is -3.19. The first-order valence-electron chi connectivity index (χ1n) is 8.26. The molecule has 144 valence electrons. The number of carbonyl (C=O) groups excluding carboxylic acids is 2. The molecule has 0 aliphatic rings. The Morgan fingerprint density at radius 3 is 2.61 bits per heavy atom. The molecular weight excluding hydrogens is 389 g/mol. The summed E-state index contributed by atoms with van der Waals surface area (Å²) in [6, 6.07) is 9.38. The number of nitrogens with one attached hydrogen (secondary N) is 1. The van der Waals surface area contributed by atoms with Crippen LogP contribution >= 0.6 is 11.6 Å². The van der Waals surface area contributed by atoms with Gasteiger partial charge in [-0.05, 0) is 48.9 Å². The van der Waals surface area contributed by atoms with Crippen LogP contribution in [-0.2, 0) is 16.1 Å². The molecule has 0 atom stereocenters. The third-order valence-corrected chi connectivity index (χ3v) is 4.40. The van der Waals surface area contributed by atoms with Gasteiger partial charge in [0.05, 0.1) is 0 Å². The molecule has 28 heavy (non-hydrogen) atoms. The highest BCUT2D eigenvalue weighted by Gasteiger charge is 2.12. The van der Waals surface area contributed by atoms with Gasteiger partial charge in [-0.2, -0.15) is 0 Å². The van der Waals surface area contributed by atoms with Gasteiger partial charge in [-0.1, -0.05) is 11.6 Å². The molecule has 1 aromatic heterocycles. The lowest BCUT2D eigenvalue weighted by atomic mass is 10.1. The van der Waals surface area contributed by atoms with Crippen molar-refractivity contribution in [2.75, 3.05) is 6.54 Å². The largest absolute Gasteiger partial charge is 0.459 e. The van der Waals surface area contributed by atoms with Gasteiger partial charge in [0, 0.05) is 27.6 Å². The predicted molar refractivity (Wildman–Crippen MR) is 101 cm³/mol. The third-order valence-electron chi connectivity index (χ3n) is 4.00. The van der Waals surface area contributed by atoms with Crippen molar-refractivity contribution < 1.29 is 23.1 Å². The maximum Gasteiger partial charge on any atom is 0.336 e. The van der Waals surface area contributed by atoms with E-state index in [4.69, 9.17) is 20.8 Å². The van der Waals surface area contributed by atoms with Crippen LogP contribution in [0.2, 0.25) is 5.02 Å². The smallest absolute Gasteiger partial charge is 0.336 e. The Labute approximate surface area is 163 Å². The van der Waals surface area contributed by atoms with Crippen molar-refractivity contribution in [2.24, 2.45) is 0 Å². The summed E-state index contributed by atoms with van der Waals surface area (Å²) < 4.78 is 23.1. The number of esters is 1. The van der Waals surface area contributed by atoms with Crippen LogP contribution < -0.4 is 10.9 Å².